The van der Waals surface area contributed by atoms with Crippen molar-refractivity contribution in [3.8, 4) is 0 Å². The summed E-state index contributed by atoms with van der Waals surface area (Å²) in [5, 5.41) is -0.593. The smallest absolute Gasteiger partial charge is 0.332 e. The van der Waals surface area contributed by atoms with Gasteiger partial charge in [0.25, 0.3) is 5.91 Å². The maximum atomic E-state index is 13.2. The number of carbonyl (C=O) groups is 6. The number of carbonyl (C=O) groups excluding carboxylic acids is 6. The zero-order valence-electron chi connectivity index (χ0n) is 18.0. The third-order valence-corrected chi connectivity index (χ3v) is 9.40. The summed E-state index contributed by atoms with van der Waals surface area (Å²) in [6.07, 6.45) is 3.21. The van der Waals surface area contributed by atoms with Gasteiger partial charge in [-0.05, 0) is 19.8 Å². The molecule has 5 aliphatic rings. The molecule has 4 heterocycles. The second-order valence-corrected chi connectivity index (χ2v) is 11.4. The summed E-state index contributed by atoms with van der Waals surface area (Å²) >= 11 is 7.92. The summed E-state index contributed by atoms with van der Waals surface area (Å²) in [6.45, 7) is 1.08. The standard InChI is InChI=1S/C21H24ClN3O7S/c1-21(22)8-33-19-14(24-16(28)10-4-2-3-5-11(10)17(24)29)18(30)25(19)15(21)20(31)32-9-23-12(26)6-7-13(23)27/h10-11,14-15,19H,2-9H2,1H3/t10?,11?,14?,15?,19-,21+/m0/s1. The summed E-state index contributed by atoms with van der Waals surface area (Å²) in [4.78, 5) is 77.9. The van der Waals surface area contributed by atoms with Gasteiger partial charge in [-0.25, -0.2) is 9.69 Å². The molecule has 33 heavy (non-hydrogen) atoms. The van der Waals surface area contributed by atoms with E-state index in [0.29, 0.717) is 12.8 Å². The lowest BCUT2D eigenvalue weighted by molar-refractivity contribution is -0.177. The van der Waals surface area contributed by atoms with Crippen molar-refractivity contribution in [3.63, 3.8) is 0 Å². The third kappa shape index (κ3) is 3.38. The van der Waals surface area contributed by atoms with Gasteiger partial charge < -0.3 is 9.64 Å². The number of amides is 5. The van der Waals surface area contributed by atoms with Crippen molar-refractivity contribution in [1.82, 2.24) is 14.7 Å². The molecule has 0 bridgehead atoms. The van der Waals surface area contributed by atoms with Crippen LogP contribution in [0.2, 0.25) is 0 Å². The lowest BCUT2D eigenvalue weighted by Gasteiger charge is -2.57. The molecule has 0 N–H and O–H groups in total. The van der Waals surface area contributed by atoms with Crippen LogP contribution in [0.5, 0.6) is 0 Å². The number of β-lactam (4-membered cyclic amide) rings is 1. The van der Waals surface area contributed by atoms with Crippen molar-refractivity contribution >= 4 is 58.9 Å². The molecule has 1 aliphatic carbocycles. The normalized spacial score (nSPS) is 38.4. The van der Waals surface area contributed by atoms with Gasteiger partial charge in [0, 0.05) is 18.6 Å². The van der Waals surface area contributed by atoms with Gasteiger partial charge in [0.05, 0.1) is 16.7 Å². The summed E-state index contributed by atoms with van der Waals surface area (Å²) in [6, 6.07) is -2.12. The SMILES string of the molecule is C[C@@]1(Cl)CS[C@H]2C(N3C(=O)C4CCCCC4C3=O)C(=O)N2C1C(=O)OCN1C(=O)CCC1=O. The predicted octanol–water partition coefficient (Wildman–Crippen LogP) is 0.461. The van der Waals surface area contributed by atoms with Crippen molar-refractivity contribution in [2.24, 2.45) is 11.8 Å². The van der Waals surface area contributed by atoms with E-state index in [0.717, 1.165) is 22.6 Å². The number of halogens is 1. The fraction of sp³-hybridized carbons (Fsp3) is 0.714. The van der Waals surface area contributed by atoms with Crippen molar-refractivity contribution in [2.75, 3.05) is 12.5 Å². The van der Waals surface area contributed by atoms with Crippen LogP contribution >= 0.6 is 23.4 Å². The number of nitrogens with zero attached hydrogens (tertiary/aromatic N) is 3. The van der Waals surface area contributed by atoms with E-state index in [-0.39, 0.29) is 42.2 Å². The Labute approximate surface area is 199 Å². The number of rotatable bonds is 4. The van der Waals surface area contributed by atoms with Gasteiger partial charge in [-0.15, -0.1) is 23.4 Å². The summed E-state index contributed by atoms with van der Waals surface area (Å²) in [5.74, 6) is -3.24. The van der Waals surface area contributed by atoms with Crippen molar-refractivity contribution in [2.45, 2.75) is 67.8 Å². The van der Waals surface area contributed by atoms with Crippen LogP contribution in [-0.4, -0.2) is 85.0 Å². The number of hydrogen-bond donors (Lipinski definition) is 0. The van der Waals surface area contributed by atoms with Crippen LogP contribution in [0.4, 0.5) is 0 Å². The molecule has 0 aromatic heterocycles. The first-order valence-corrected chi connectivity index (χ1v) is 12.6. The van der Waals surface area contributed by atoms with Crippen LogP contribution in [0, 0.1) is 11.8 Å². The Morgan fingerprint density at radius 3 is 2.18 bits per heavy atom. The van der Waals surface area contributed by atoms with Crippen LogP contribution in [-0.2, 0) is 33.5 Å². The molecule has 12 heteroatoms. The summed E-state index contributed by atoms with van der Waals surface area (Å²) in [5.41, 5.74) is 0. The molecule has 5 fully saturated rings. The van der Waals surface area contributed by atoms with Crippen LogP contribution in [0.1, 0.15) is 45.4 Å². The molecule has 0 aromatic rings. The van der Waals surface area contributed by atoms with E-state index in [4.69, 9.17) is 16.3 Å². The number of likely N-dealkylation sites (tertiary alicyclic amines) is 2. The lowest BCUT2D eigenvalue weighted by Crippen LogP contribution is -2.78. The zero-order valence-corrected chi connectivity index (χ0v) is 19.6. The van der Waals surface area contributed by atoms with Gasteiger partial charge in [0.1, 0.15) is 11.4 Å². The molecule has 0 radical (unpaired) electrons. The van der Waals surface area contributed by atoms with Crippen LogP contribution in [0.15, 0.2) is 0 Å². The first-order valence-electron chi connectivity index (χ1n) is 11.1. The van der Waals surface area contributed by atoms with E-state index in [1.807, 2.05) is 0 Å². The minimum absolute atomic E-state index is 0.0674. The summed E-state index contributed by atoms with van der Waals surface area (Å²) in [7, 11) is 0. The molecule has 5 amide bonds. The molecule has 4 aliphatic heterocycles. The highest BCUT2D eigenvalue weighted by atomic mass is 35.5. The highest BCUT2D eigenvalue weighted by Crippen LogP contribution is 2.49. The molecule has 0 aromatic carbocycles. The number of fused-ring (bicyclic) bond motifs is 2. The Balaban J connectivity index is 1.33. The Morgan fingerprint density at radius 1 is 1.03 bits per heavy atom. The van der Waals surface area contributed by atoms with Crippen molar-refractivity contribution in [1.29, 1.82) is 0 Å². The van der Waals surface area contributed by atoms with Gasteiger partial charge in [-0.1, -0.05) is 12.8 Å². The highest BCUT2D eigenvalue weighted by Gasteiger charge is 2.66. The largest absolute Gasteiger partial charge is 0.442 e. The highest BCUT2D eigenvalue weighted by molar-refractivity contribution is 8.00. The van der Waals surface area contributed by atoms with E-state index < -0.39 is 52.8 Å². The topological polar surface area (TPSA) is 121 Å². The predicted molar refractivity (Wildman–Crippen MR) is 114 cm³/mol. The molecule has 4 unspecified atom stereocenters. The molecule has 178 valence electrons. The quantitative estimate of drug-likeness (QED) is 0.238. The number of imide groups is 2. The molecular weight excluding hydrogens is 474 g/mol. The van der Waals surface area contributed by atoms with E-state index >= 15 is 0 Å². The van der Waals surface area contributed by atoms with Gasteiger partial charge in [0.2, 0.25) is 23.6 Å². The number of ether oxygens (including phenoxy) is 1. The molecule has 0 spiro atoms. The Morgan fingerprint density at radius 2 is 1.61 bits per heavy atom. The summed E-state index contributed by atoms with van der Waals surface area (Å²) < 4.78 is 5.23. The molecule has 10 nitrogen and oxygen atoms in total. The van der Waals surface area contributed by atoms with Crippen molar-refractivity contribution in [3.05, 3.63) is 0 Å². The van der Waals surface area contributed by atoms with Gasteiger partial charge >= 0.3 is 5.97 Å². The first-order chi connectivity index (χ1) is 15.6. The van der Waals surface area contributed by atoms with E-state index in [1.165, 1.54) is 16.7 Å². The van der Waals surface area contributed by atoms with Gasteiger partial charge in [-0.2, -0.15) is 0 Å². The van der Waals surface area contributed by atoms with Gasteiger partial charge in [0.15, 0.2) is 12.8 Å². The van der Waals surface area contributed by atoms with E-state index in [1.54, 1.807) is 6.92 Å². The van der Waals surface area contributed by atoms with Crippen LogP contribution in [0.25, 0.3) is 0 Å². The van der Waals surface area contributed by atoms with E-state index in [9.17, 15) is 28.8 Å². The first kappa shape index (κ1) is 22.6. The number of esters is 1. The molecule has 4 saturated heterocycles. The zero-order chi connectivity index (χ0) is 23.7. The molecule has 5 rings (SSSR count). The minimum atomic E-state index is -1.17. The van der Waals surface area contributed by atoms with Crippen LogP contribution < -0.4 is 0 Å². The molecule has 1 saturated carbocycles. The number of alkyl halides is 1. The number of hydrogen-bond acceptors (Lipinski definition) is 8. The average molecular weight is 498 g/mol. The fourth-order valence-electron chi connectivity index (χ4n) is 5.57. The van der Waals surface area contributed by atoms with Gasteiger partial charge in [-0.3, -0.25) is 28.9 Å². The Hall–Kier alpha value is -2.14. The third-order valence-electron chi connectivity index (χ3n) is 7.30. The monoisotopic (exact) mass is 497 g/mol. The second-order valence-electron chi connectivity index (χ2n) is 9.42. The Bertz CT molecular complexity index is 932. The Kier molecular flexibility index (Phi) is 5.47. The average Bonchev–Trinajstić information content (AvgIpc) is 3.23. The van der Waals surface area contributed by atoms with Crippen LogP contribution in [0.3, 0.4) is 0 Å². The molecule has 6 atom stereocenters. The number of thioether (sulfide) groups is 1. The van der Waals surface area contributed by atoms with Crippen molar-refractivity contribution < 1.29 is 33.5 Å². The maximum absolute atomic E-state index is 13.2. The lowest BCUT2D eigenvalue weighted by atomic mass is 9.81. The minimum Gasteiger partial charge on any atom is -0.442 e. The van der Waals surface area contributed by atoms with E-state index in [2.05, 4.69) is 0 Å². The molecular formula is C21H24ClN3O7S. The fourth-order valence-corrected chi connectivity index (χ4v) is 7.41. The second kappa shape index (κ2) is 7.97. The maximum Gasteiger partial charge on any atom is 0.332 e.